The van der Waals surface area contributed by atoms with Crippen molar-refractivity contribution in [3.05, 3.63) is 23.7 Å². The van der Waals surface area contributed by atoms with Crippen molar-refractivity contribution in [1.29, 1.82) is 0 Å². The number of rotatable bonds is 4. The summed E-state index contributed by atoms with van der Waals surface area (Å²) < 4.78 is 5.92. The minimum atomic E-state index is 0.443. The van der Waals surface area contributed by atoms with Gasteiger partial charge >= 0.3 is 0 Å². The third kappa shape index (κ3) is 2.96. The summed E-state index contributed by atoms with van der Waals surface area (Å²) in [7, 11) is 2.05. The molecule has 0 bridgehead atoms. The Morgan fingerprint density at radius 3 is 2.83 bits per heavy atom. The van der Waals surface area contributed by atoms with Crippen LogP contribution >= 0.6 is 0 Å². The van der Waals surface area contributed by atoms with E-state index in [0.29, 0.717) is 12.0 Å². The number of likely N-dealkylation sites (tertiary alicyclic amines) is 1. The SMILES string of the molecule is CCN1CCCCC(CNC)C1c1ccc(C)o1. The van der Waals surface area contributed by atoms with Crippen molar-refractivity contribution in [1.82, 2.24) is 10.2 Å². The summed E-state index contributed by atoms with van der Waals surface area (Å²) in [6.07, 6.45) is 3.94. The number of aryl methyl sites for hydroxylation is 1. The summed E-state index contributed by atoms with van der Waals surface area (Å²) in [5, 5.41) is 3.35. The molecule has 1 N–H and O–H groups in total. The van der Waals surface area contributed by atoms with E-state index in [1.54, 1.807) is 0 Å². The van der Waals surface area contributed by atoms with Crippen LogP contribution in [0.5, 0.6) is 0 Å². The topological polar surface area (TPSA) is 28.4 Å². The van der Waals surface area contributed by atoms with Crippen LogP contribution in [0.3, 0.4) is 0 Å². The van der Waals surface area contributed by atoms with Crippen LogP contribution in [0.2, 0.25) is 0 Å². The molecule has 3 nitrogen and oxygen atoms in total. The highest BCUT2D eigenvalue weighted by atomic mass is 16.3. The molecule has 1 aliphatic heterocycles. The highest BCUT2D eigenvalue weighted by molar-refractivity contribution is 5.12. The maximum atomic E-state index is 5.92. The van der Waals surface area contributed by atoms with Crippen LogP contribution < -0.4 is 5.32 Å². The van der Waals surface area contributed by atoms with Gasteiger partial charge in [-0.2, -0.15) is 0 Å². The molecular formula is C15H26N2O. The van der Waals surface area contributed by atoms with Gasteiger partial charge in [0.05, 0.1) is 6.04 Å². The summed E-state index contributed by atoms with van der Waals surface area (Å²) in [6.45, 7) is 7.65. The van der Waals surface area contributed by atoms with Gasteiger partial charge in [0, 0.05) is 0 Å². The average molecular weight is 250 g/mol. The lowest BCUT2D eigenvalue weighted by atomic mass is 9.92. The number of hydrogen-bond acceptors (Lipinski definition) is 3. The summed E-state index contributed by atoms with van der Waals surface area (Å²) in [4.78, 5) is 2.58. The Bertz CT molecular complexity index is 361. The normalized spacial score (nSPS) is 26.2. The van der Waals surface area contributed by atoms with Gasteiger partial charge in [-0.1, -0.05) is 13.3 Å². The molecule has 0 aliphatic carbocycles. The lowest BCUT2D eigenvalue weighted by Crippen LogP contribution is -2.36. The average Bonchev–Trinajstić information content (AvgIpc) is 2.68. The standard InChI is InChI=1S/C15H26N2O/c1-4-17-10-6-5-7-13(11-16-3)15(17)14-9-8-12(2)18-14/h8-9,13,15-16H,4-7,10-11H2,1-3H3. The largest absolute Gasteiger partial charge is 0.465 e. The summed E-state index contributed by atoms with van der Waals surface area (Å²) in [5.41, 5.74) is 0. The molecule has 0 spiro atoms. The second-order valence-electron chi connectivity index (χ2n) is 5.34. The van der Waals surface area contributed by atoms with E-state index in [1.165, 1.54) is 25.8 Å². The molecule has 2 atom stereocenters. The molecule has 2 heterocycles. The molecule has 1 aliphatic rings. The zero-order valence-corrected chi connectivity index (χ0v) is 11.9. The maximum Gasteiger partial charge on any atom is 0.121 e. The van der Waals surface area contributed by atoms with E-state index in [9.17, 15) is 0 Å². The first-order chi connectivity index (χ1) is 8.76. The molecule has 102 valence electrons. The smallest absolute Gasteiger partial charge is 0.121 e. The van der Waals surface area contributed by atoms with Crippen molar-refractivity contribution in [2.45, 2.75) is 39.2 Å². The molecular weight excluding hydrogens is 224 g/mol. The van der Waals surface area contributed by atoms with Gasteiger partial charge in [0.1, 0.15) is 11.5 Å². The lowest BCUT2D eigenvalue weighted by molar-refractivity contribution is 0.139. The third-order valence-corrected chi connectivity index (χ3v) is 4.04. The molecule has 0 amide bonds. The molecule has 2 unspecified atom stereocenters. The Hall–Kier alpha value is -0.800. The van der Waals surface area contributed by atoms with Crippen LogP contribution in [0.15, 0.2) is 16.5 Å². The summed E-state index contributed by atoms with van der Waals surface area (Å²) in [5.74, 6) is 2.83. The molecule has 1 aromatic rings. The Labute approximate surface area is 111 Å². The minimum absolute atomic E-state index is 0.443. The molecule has 0 saturated carbocycles. The van der Waals surface area contributed by atoms with E-state index >= 15 is 0 Å². The molecule has 1 aromatic heterocycles. The van der Waals surface area contributed by atoms with Gasteiger partial charge in [0.25, 0.3) is 0 Å². The summed E-state index contributed by atoms with van der Waals surface area (Å²) in [6, 6.07) is 4.69. The number of nitrogens with one attached hydrogen (secondary N) is 1. The van der Waals surface area contributed by atoms with E-state index in [0.717, 1.165) is 24.6 Å². The van der Waals surface area contributed by atoms with Gasteiger partial charge in [0.15, 0.2) is 0 Å². The quantitative estimate of drug-likeness (QED) is 0.890. The Kier molecular flexibility index (Phi) is 4.84. The predicted molar refractivity (Wildman–Crippen MR) is 74.7 cm³/mol. The van der Waals surface area contributed by atoms with Crippen molar-refractivity contribution >= 4 is 0 Å². The molecule has 1 fully saturated rings. The van der Waals surface area contributed by atoms with E-state index in [-0.39, 0.29) is 0 Å². The first kappa shape index (κ1) is 13.6. The van der Waals surface area contributed by atoms with E-state index < -0.39 is 0 Å². The highest BCUT2D eigenvalue weighted by Gasteiger charge is 2.31. The molecule has 18 heavy (non-hydrogen) atoms. The third-order valence-electron chi connectivity index (χ3n) is 4.04. The van der Waals surface area contributed by atoms with Crippen LogP contribution in [0.1, 0.15) is 43.7 Å². The van der Waals surface area contributed by atoms with Crippen LogP contribution in [0.25, 0.3) is 0 Å². The van der Waals surface area contributed by atoms with E-state index in [4.69, 9.17) is 4.42 Å². The van der Waals surface area contributed by atoms with Crippen LogP contribution in [0, 0.1) is 12.8 Å². The Morgan fingerprint density at radius 1 is 1.39 bits per heavy atom. The van der Waals surface area contributed by atoms with Crippen molar-refractivity contribution in [3.63, 3.8) is 0 Å². The predicted octanol–water partition coefficient (Wildman–Crippen LogP) is 2.97. The van der Waals surface area contributed by atoms with Crippen molar-refractivity contribution in [2.75, 3.05) is 26.7 Å². The summed E-state index contributed by atoms with van der Waals surface area (Å²) >= 11 is 0. The minimum Gasteiger partial charge on any atom is -0.465 e. The second kappa shape index (κ2) is 6.39. The molecule has 3 heteroatoms. The maximum absolute atomic E-state index is 5.92. The van der Waals surface area contributed by atoms with Gasteiger partial charge < -0.3 is 9.73 Å². The fourth-order valence-electron chi connectivity index (χ4n) is 3.17. The fourth-order valence-corrected chi connectivity index (χ4v) is 3.17. The van der Waals surface area contributed by atoms with Crippen LogP contribution in [0.4, 0.5) is 0 Å². The number of furan rings is 1. The zero-order valence-electron chi connectivity index (χ0n) is 11.9. The van der Waals surface area contributed by atoms with Crippen molar-refractivity contribution < 1.29 is 4.42 Å². The van der Waals surface area contributed by atoms with Crippen LogP contribution in [-0.4, -0.2) is 31.6 Å². The monoisotopic (exact) mass is 250 g/mol. The molecule has 1 saturated heterocycles. The van der Waals surface area contributed by atoms with Gasteiger partial charge in [0.2, 0.25) is 0 Å². The van der Waals surface area contributed by atoms with Crippen LogP contribution in [-0.2, 0) is 0 Å². The van der Waals surface area contributed by atoms with Crippen molar-refractivity contribution in [3.8, 4) is 0 Å². The Balaban J connectivity index is 2.25. The van der Waals surface area contributed by atoms with Gasteiger partial charge in [-0.05, 0) is 64.5 Å². The first-order valence-corrected chi connectivity index (χ1v) is 7.21. The molecule has 2 rings (SSSR count). The lowest BCUT2D eigenvalue weighted by Gasteiger charge is -2.32. The number of hydrogen-bond donors (Lipinski definition) is 1. The van der Waals surface area contributed by atoms with E-state index in [2.05, 4.69) is 29.3 Å². The van der Waals surface area contributed by atoms with E-state index in [1.807, 2.05) is 14.0 Å². The highest BCUT2D eigenvalue weighted by Crippen LogP contribution is 2.35. The zero-order chi connectivity index (χ0) is 13.0. The first-order valence-electron chi connectivity index (χ1n) is 7.21. The Morgan fingerprint density at radius 2 is 2.22 bits per heavy atom. The fraction of sp³-hybridized carbons (Fsp3) is 0.733. The molecule has 0 radical (unpaired) electrons. The molecule has 0 aromatic carbocycles. The van der Waals surface area contributed by atoms with Crippen molar-refractivity contribution in [2.24, 2.45) is 5.92 Å². The van der Waals surface area contributed by atoms with Gasteiger partial charge in [-0.15, -0.1) is 0 Å². The van der Waals surface area contributed by atoms with Gasteiger partial charge in [-0.3, -0.25) is 4.90 Å². The van der Waals surface area contributed by atoms with Gasteiger partial charge in [-0.25, -0.2) is 0 Å². The number of nitrogens with zero attached hydrogens (tertiary/aromatic N) is 1. The second-order valence-corrected chi connectivity index (χ2v) is 5.34.